The van der Waals surface area contributed by atoms with E-state index in [1.54, 1.807) is 0 Å². The fourth-order valence-electron chi connectivity index (χ4n) is 5.83. The molecule has 3 rings (SSSR count). The molecule has 6 atom stereocenters. The Hall–Kier alpha value is -1.30. The molecule has 0 aliphatic heterocycles. The molecule has 0 aromatic rings. The van der Waals surface area contributed by atoms with Gasteiger partial charge in [0.1, 0.15) is 6.10 Å². The summed E-state index contributed by atoms with van der Waals surface area (Å²) < 4.78 is 5.48. The maximum atomic E-state index is 11.2. The first-order valence-electron chi connectivity index (χ1n) is 9.32. The van der Waals surface area contributed by atoms with Crippen LogP contribution in [0.5, 0.6) is 0 Å². The molecule has 3 aliphatic carbocycles. The summed E-state index contributed by atoms with van der Waals surface area (Å²) in [6.45, 7) is 5.84. The highest BCUT2D eigenvalue weighted by Crippen LogP contribution is 2.55. The monoisotopic (exact) mass is 315 g/mol. The highest BCUT2D eigenvalue weighted by atomic mass is 16.5. The zero-order valence-electron chi connectivity index (χ0n) is 14.3. The van der Waals surface area contributed by atoms with E-state index in [-0.39, 0.29) is 12.1 Å². The Bertz CT molecular complexity index is 506. The molecule has 0 aromatic carbocycles. The van der Waals surface area contributed by atoms with Crippen LogP contribution >= 0.6 is 0 Å². The van der Waals surface area contributed by atoms with Gasteiger partial charge in [-0.3, -0.25) is 4.79 Å². The Labute approximate surface area is 140 Å². The van der Waals surface area contributed by atoms with Crippen molar-refractivity contribution < 1.29 is 9.53 Å². The van der Waals surface area contributed by atoms with Gasteiger partial charge in [0.2, 0.25) is 0 Å². The smallest absolute Gasteiger partial charge is 0.302 e. The quantitative estimate of drug-likeness (QED) is 0.563. The summed E-state index contributed by atoms with van der Waals surface area (Å²) in [6.07, 6.45) is 10.1. The number of hydrogen-bond acceptors (Lipinski definition) is 3. The normalized spacial score (nSPS) is 39.7. The van der Waals surface area contributed by atoms with Crippen molar-refractivity contribution in [3.63, 3.8) is 0 Å². The van der Waals surface area contributed by atoms with Crippen LogP contribution < -0.4 is 0 Å². The maximum absolute atomic E-state index is 11.2. The first-order chi connectivity index (χ1) is 11.1. The van der Waals surface area contributed by atoms with Crippen LogP contribution in [0.1, 0.15) is 64.7 Å². The highest BCUT2D eigenvalue weighted by molar-refractivity contribution is 5.66. The van der Waals surface area contributed by atoms with E-state index in [0.29, 0.717) is 12.3 Å². The van der Waals surface area contributed by atoms with Crippen LogP contribution in [0.25, 0.3) is 0 Å². The summed E-state index contributed by atoms with van der Waals surface area (Å²) in [5, 5.41) is 8.95. The van der Waals surface area contributed by atoms with E-state index in [0.717, 1.165) is 49.4 Å². The SMILES string of the molecule is C=C1CC[C@H]2[C@@H](CC[C@@H]3C[C@H](OC(C)=O)CC[C@@H]32)[C@@H]1CCC#N. The third-order valence-corrected chi connectivity index (χ3v) is 6.70. The number of nitriles is 1. The van der Waals surface area contributed by atoms with Gasteiger partial charge in [0.05, 0.1) is 6.07 Å². The van der Waals surface area contributed by atoms with E-state index in [1.165, 1.54) is 38.2 Å². The van der Waals surface area contributed by atoms with Crippen LogP contribution in [0.3, 0.4) is 0 Å². The van der Waals surface area contributed by atoms with Gasteiger partial charge in [0, 0.05) is 13.3 Å². The Morgan fingerprint density at radius 3 is 2.74 bits per heavy atom. The van der Waals surface area contributed by atoms with Crippen molar-refractivity contribution in [2.45, 2.75) is 70.8 Å². The van der Waals surface area contributed by atoms with Gasteiger partial charge in [-0.05, 0) is 81.0 Å². The van der Waals surface area contributed by atoms with Crippen LogP contribution in [0.2, 0.25) is 0 Å². The zero-order valence-corrected chi connectivity index (χ0v) is 14.3. The van der Waals surface area contributed by atoms with Crippen molar-refractivity contribution in [1.82, 2.24) is 0 Å². The van der Waals surface area contributed by atoms with E-state index in [9.17, 15) is 4.79 Å². The fraction of sp³-hybridized carbons (Fsp3) is 0.800. The number of allylic oxidation sites excluding steroid dienone is 1. The van der Waals surface area contributed by atoms with Crippen LogP contribution in [0.4, 0.5) is 0 Å². The molecule has 0 amide bonds. The lowest BCUT2D eigenvalue weighted by Crippen LogP contribution is -2.44. The Morgan fingerprint density at radius 2 is 2.00 bits per heavy atom. The molecule has 0 bridgehead atoms. The molecule has 0 spiro atoms. The Morgan fingerprint density at radius 1 is 1.22 bits per heavy atom. The summed E-state index contributed by atoms with van der Waals surface area (Å²) in [4.78, 5) is 11.2. The number of carbonyl (C=O) groups is 1. The predicted molar refractivity (Wildman–Crippen MR) is 89.3 cm³/mol. The molecule has 3 nitrogen and oxygen atoms in total. The molecule has 3 saturated carbocycles. The van der Waals surface area contributed by atoms with Crippen LogP contribution in [0, 0.1) is 40.9 Å². The van der Waals surface area contributed by atoms with Crippen molar-refractivity contribution in [3.8, 4) is 6.07 Å². The molecule has 126 valence electrons. The summed E-state index contributed by atoms with van der Waals surface area (Å²) in [5.74, 6) is 3.53. The molecule has 23 heavy (non-hydrogen) atoms. The lowest BCUT2D eigenvalue weighted by molar-refractivity contribution is -0.151. The van der Waals surface area contributed by atoms with Crippen LogP contribution in [-0.4, -0.2) is 12.1 Å². The number of hydrogen-bond donors (Lipinski definition) is 0. The minimum absolute atomic E-state index is 0.132. The highest BCUT2D eigenvalue weighted by Gasteiger charge is 2.47. The number of rotatable bonds is 3. The molecular formula is C20H29NO2. The fourth-order valence-corrected chi connectivity index (χ4v) is 5.83. The van der Waals surface area contributed by atoms with Gasteiger partial charge in [-0.1, -0.05) is 12.2 Å². The lowest BCUT2D eigenvalue weighted by Gasteiger charge is -2.52. The van der Waals surface area contributed by atoms with Crippen molar-refractivity contribution in [1.29, 1.82) is 5.26 Å². The number of ether oxygens (including phenoxy) is 1. The van der Waals surface area contributed by atoms with Gasteiger partial charge in [-0.2, -0.15) is 5.26 Å². The van der Waals surface area contributed by atoms with Gasteiger partial charge in [-0.25, -0.2) is 0 Å². The Balaban J connectivity index is 1.67. The predicted octanol–water partition coefficient (Wildman–Crippen LogP) is 4.63. The van der Waals surface area contributed by atoms with Crippen molar-refractivity contribution in [2.75, 3.05) is 0 Å². The summed E-state index contributed by atoms with van der Waals surface area (Å²) in [7, 11) is 0. The first-order valence-corrected chi connectivity index (χ1v) is 9.32. The second-order valence-electron chi connectivity index (χ2n) is 7.87. The van der Waals surface area contributed by atoms with E-state index in [1.807, 2.05) is 0 Å². The van der Waals surface area contributed by atoms with Crippen molar-refractivity contribution in [3.05, 3.63) is 12.2 Å². The zero-order chi connectivity index (χ0) is 16.4. The van der Waals surface area contributed by atoms with Gasteiger partial charge in [0.15, 0.2) is 0 Å². The number of carbonyl (C=O) groups excluding carboxylic acids is 1. The summed E-state index contributed by atoms with van der Waals surface area (Å²) in [5.41, 5.74) is 1.40. The van der Waals surface area contributed by atoms with E-state index >= 15 is 0 Å². The standard InChI is InChI=1S/C20H29NO2/c1-13-5-8-20-18-10-7-16(23-14(2)22)12-15(18)6-9-19(20)17(13)4-3-11-21/h15-20H,1,3-10,12H2,2H3/t15-,16-,17-,18+,19+,20-/m1/s1. The largest absolute Gasteiger partial charge is 0.463 e. The summed E-state index contributed by atoms with van der Waals surface area (Å²) >= 11 is 0. The molecule has 3 fully saturated rings. The third-order valence-electron chi connectivity index (χ3n) is 6.70. The average molecular weight is 315 g/mol. The second-order valence-corrected chi connectivity index (χ2v) is 7.87. The maximum Gasteiger partial charge on any atom is 0.302 e. The molecule has 3 aliphatic rings. The first kappa shape index (κ1) is 16.6. The van der Waals surface area contributed by atoms with Gasteiger partial charge in [-0.15, -0.1) is 0 Å². The average Bonchev–Trinajstić information content (AvgIpc) is 2.52. The topological polar surface area (TPSA) is 50.1 Å². The van der Waals surface area contributed by atoms with Crippen molar-refractivity contribution >= 4 is 5.97 Å². The second kappa shape index (κ2) is 7.07. The minimum atomic E-state index is -0.132. The number of nitrogens with zero attached hydrogens (tertiary/aromatic N) is 1. The number of esters is 1. The molecular weight excluding hydrogens is 286 g/mol. The number of fused-ring (bicyclic) bond motifs is 3. The molecule has 0 unspecified atom stereocenters. The minimum Gasteiger partial charge on any atom is -0.463 e. The Kier molecular flexibility index (Phi) is 5.09. The molecule has 0 N–H and O–H groups in total. The molecule has 0 radical (unpaired) electrons. The third kappa shape index (κ3) is 3.47. The van der Waals surface area contributed by atoms with E-state index in [2.05, 4.69) is 12.6 Å². The van der Waals surface area contributed by atoms with Crippen molar-refractivity contribution in [2.24, 2.45) is 29.6 Å². The van der Waals surface area contributed by atoms with Gasteiger partial charge >= 0.3 is 5.97 Å². The van der Waals surface area contributed by atoms with Gasteiger partial charge < -0.3 is 4.74 Å². The van der Waals surface area contributed by atoms with E-state index < -0.39 is 0 Å². The van der Waals surface area contributed by atoms with Gasteiger partial charge in [0.25, 0.3) is 0 Å². The van der Waals surface area contributed by atoms with E-state index in [4.69, 9.17) is 10.00 Å². The lowest BCUT2D eigenvalue weighted by atomic mass is 9.54. The molecule has 0 saturated heterocycles. The molecule has 0 heterocycles. The van der Waals surface area contributed by atoms with Crippen LogP contribution in [-0.2, 0) is 9.53 Å². The molecule has 0 aromatic heterocycles. The van der Waals surface area contributed by atoms with Crippen LogP contribution in [0.15, 0.2) is 12.2 Å². The summed E-state index contributed by atoms with van der Waals surface area (Å²) in [6, 6.07) is 2.32. The molecule has 3 heteroatoms.